The van der Waals surface area contributed by atoms with E-state index in [-0.39, 0.29) is 24.4 Å². The molecule has 2 aromatic rings. The Balaban J connectivity index is 2.12. The molecule has 1 amide bonds. The molecule has 1 aromatic carbocycles. The van der Waals surface area contributed by atoms with Crippen LogP contribution in [0.15, 0.2) is 18.2 Å². The standard InChI is InChI=1S/C22H27FN2O3/c1-6-24-15(5)19(14(4)20(24)22(27)28-7-2)21(26)25-13(3)8-9-16-12-17(23)10-11-18(16)25/h10-13H,6-9H2,1-5H3. The summed E-state index contributed by atoms with van der Waals surface area (Å²) in [5.41, 5.74) is 3.90. The number of anilines is 1. The van der Waals surface area contributed by atoms with E-state index in [1.165, 1.54) is 12.1 Å². The Hall–Kier alpha value is -2.63. The maximum atomic E-state index is 13.7. The third-order valence-electron chi connectivity index (χ3n) is 5.56. The van der Waals surface area contributed by atoms with Crippen LogP contribution < -0.4 is 4.90 Å². The van der Waals surface area contributed by atoms with Crippen LogP contribution in [0.5, 0.6) is 0 Å². The molecule has 0 radical (unpaired) electrons. The highest BCUT2D eigenvalue weighted by Gasteiger charge is 2.34. The summed E-state index contributed by atoms with van der Waals surface area (Å²) in [5.74, 6) is -0.874. The number of aromatic nitrogens is 1. The minimum atomic E-state index is -0.418. The molecule has 6 heteroatoms. The van der Waals surface area contributed by atoms with Gasteiger partial charge in [0, 0.05) is 24.0 Å². The summed E-state index contributed by atoms with van der Waals surface area (Å²) in [5, 5.41) is 0. The summed E-state index contributed by atoms with van der Waals surface area (Å²) < 4.78 is 20.7. The number of hydrogen-bond acceptors (Lipinski definition) is 3. The maximum Gasteiger partial charge on any atom is 0.355 e. The first-order valence-electron chi connectivity index (χ1n) is 9.80. The number of esters is 1. The highest BCUT2D eigenvalue weighted by molar-refractivity contribution is 6.10. The Morgan fingerprint density at radius 3 is 2.61 bits per heavy atom. The van der Waals surface area contributed by atoms with Gasteiger partial charge in [-0.3, -0.25) is 4.79 Å². The number of carbonyl (C=O) groups excluding carboxylic acids is 2. The van der Waals surface area contributed by atoms with Crippen LogP contribution in [0.1, 0.15) is 64.9 Å². The van der Waals surface area contributed by atoms with Crippen LogP contribution in [0.25, 0.3) is 0 Å². The second-order valence-electron chi connectivity index (χ2n) is 7.23. The van der Waals surface area contributed by atoms with Crippen molar-refractivity contribution in [3.05, 3.63) is 52.1 Å². The Morgan fingerprint density at radius 1 is 1.25 bits per heavy atom. The Labute approximate surface area is 165 Å². The molecule has 0 bridgehead atoms. The highest BCUT2D eigenvalue weighted by atomic mass is 19.1. The first-order valence-corrected chi connectivity index (χ1v) is 9.80. The number of hydrogen-bond donors (Lipinski definition) is 0. The van der Waals surface area contributed by atoms with E-state index in [1.54, 1.807) is 24.8 Å². The van der Waals surface area contributed by atoms with Crippen molar-refractivity contribution in [2.75, 3.05) is 11.5 Å². The molecule has 2 heterocycles. The zero-order chi connectivity index (χ0) is 20.6. The predicted octanol–water partition coefficient (Wildman–Crippen LogP) is 4.42. The first-order chi connectivity index (χ1) is 13.3. The van der Waals surface area contributed by atoms with Crippen LogP contribution in [0, 0.1) is 19.7 Å². The number of fused-ring (bicyclic) bond motifs is 1. The van der Waals surface area contributed by atoms with Crippen LogP contribution in [0.3, 0.4) is 0 Å². The van der Waals surface area contributed by atoms with Crippen molar-refractivity contribution in [3.63, 3.8) is 0 Å². The van der Waals surface area contributed by atoms with Gasteiger partial charge in [-0.1, -0.05) is 0 Å². The van der Waals surface area contributed by atoms with Gasteiger partial charge in [0.25, 0.3) is 5.91 Å². The van der Waals surface area contributed by atoms with Crippen molar-refractivity contribution in [2.24, 2.45) is 0 Å². The van der Waals surface area contributed by atoms with Gasteiger partial charge >= 0.3 is 5.97 Å². The van der Waals surface area contributed by atoms with Gasteiger partial charge in [-0.25, -0.2) is 9.18 Å². The lowest BCUT2D eigenvalue weighted by atomic mass is 9.95. The van der Waals surface area contributed by atoms with Gasteiger partial charge in [-0.05, 0) is 76.8 Å². The van der Waals surface area contributed by atoms with Crippen LogP contribution >= 0.6 is 0 Å². The molecule has 0 N–H and O–H groups in total. The van der Waals surface area contributed by atoms with Gasteiger partial charge in [0.15, 0.2) is 0 Å². The topological polar surface area (TPSA) is 51.5 Å². The van der Waals surface area contributed by atoms with Gasteiger partial charge in [0.05, 0.1) is 12.2 Å². The van der Waals surface area contributed by atoms with Gasteiger partial charge in [0.1, 0.15) is 11.5 Å². The lowest BCUT2D eigenvalue weighted by molar-refractivity contribution is 0.0512. The molecule has 0 spiro atoms. The molecule has 3 rings (SSSR count). The largest absolute Gasteiger partial charge is 0.461 e. The van der Waals surface area contributed by atoms with E-state index in [0.717, 1.165) is 29.8 Å². The summed E-state index contributed by atoms with van der Waals surface area (Å²) >= 11 is 0. The smallest absolute Gasteiger partial charge is 0.355 e. The molecule has 1 aliphatic heterocycles. The molecule has 1 aliphatic rings. The lowest BCUT2D eigenvalue weighted by Crippen LogP contribution is -2.42. The fraction of sp³-hybridized carbons (Fsp3) is 0.455. The zero-order valence-corrected chi connectivity index (χ0v) is 17.1. The molecule has 150 valence electrons. The Kier molecular flexibility index (Phi) is 5.59. The summed E-state index contributed by atoms with van der Waals surface area (Å²) in [4.78, 5) is 27.9. The molecule has 0 aliphatic carbocycles. The molecule has 0 fully saturated rings. The average Bonchev–Trinajstić information content (AvgIpc) is 2.91. The Bertz CT molecular complexity index is 932. The average molecular weight is 386 g/mol. The summed E-state index contributed by atoms with van der Waals surface area (Å²) in [7, 11) is 0. The molecular formula is C22H27FN2O3. The van der Waals surface area contributed by atoms with E-state index < -0.39 is 5.97 Å². The van der Waals surface area contributed by atoms with Crippen molar-refractivity contribution in [1.29, 1.82) is 0 Å². The van der Waals surface area contributed by atoms with E-state index in [4.69, 9.17) is 4.74 Å². The second kappa shape index (κ2) is 7.78. The molecule has 28 heavy (non-hydrogen) atoms. The number of nitrogens with zero attached hydrogens (tertiary/aromatic N) is 2. The van der Waals surface area contributed by atoms with Crippen LogP contribution in [0.4, 0.5) is 10.1 Å². The summed E-state index contributed by atoms with van der Waals surface area (Å²) in [6, 6.07) is 4.55. The molecule has 1 atom stereocenters. The normalized spacial score (nSPS) is 16.1. The SMILES string of the molecule is CCOC(=O)c1c(C)c(C(=O)N2c3ccc(F)cc3CCC2C)c(C)n1CC. The summed E-state index contributed by atoms with van der Waals surface area (Å²) in [6.45, 7) is 10.2. The number of rotatable bonds is 4. The van der Waals surface area contributed by atoms with Gasteiger partial charge in [0.2, 0.25) is 0 Å². The monoisotopic (exact) mass is 386 g/mol. The number of ether oxygens (including phenoxy) is 1. The maximum absolute atomic E-state index is 13.7. The van der Waals surface area contributed by atoms with E-state index in [9.17, 15) is 14.0 Å². The summed E-state index contributed by atoms with van der Waals surface area (Å²) in [6.07, 6.45) is 1.50. The van der Waals surface area contributed by atoms with Crippen molar-refractivity contribution in [2.45, 2.75) is 60.0 Å². The van der Waals surface area contributed by atoms with E-state index in [2.05, 4.69) is 0 Å². The lowest BCUT2D eigenvalue weighted by Gasteiger charge is -2.35. The van der Waals surface area contributed by atoms with Crippen LogP contribution in [-0.2, 0) is 17.7 Å². The minimum absolute atomic E-state index is 0.0136. The minimum Gasteiger partial charge on any atom is -0.461 e. The van der Waals surface area contributed by atoms with E-state index in [1.807, 2.05) is 25.3 Å². The number of benzene rings is 1. The van der Waals surface area contributed by atoms with Crippen molar-refractivity contribution in [3.8, 4) is 0 Å². The number of amides is 1. The first kappa shape index (κ1) is 20.1. The van der Waals surface area contributed by atoms with Crippen molar-refractivity contribution in [1.82, 2.24) is 4.57 Å². The van der Waals surface area contributed by atoms with Gasteiger partial charge < -0.3 is 14.2 Å². The molecule has 0 saturated carbocycles. The number of halogens is 1. The quantitative estimate of drug-likeness (QED) is 0.731. The van der Waals surface area contributed by atoms with Crippen molar-refractivity contribution < 1.29 is 18.7 Å². The fourth-order valence-electron chi connectivity index (χ4n) is 4.22. The van der Waals surface area contributed by atoms with Gasteiger partial charge in [-0.2, -0.15) is 0 Å². The highest BCUT2D eigenvalue weighted by Crippen LogP contribution is 2.34. The molecule has 1 aromatic heterocycles. The van der Waals surface area contributed by atoms with Crippen molar-refractivity contribution >= 4 is 17.6 Å². The second-order valence-corrected chi connectivity index (χ2v) is 7.23. The third-order valence-corrected chi connectivity index (χ3v) is 5.56. The van der Waals surface area contributed by atoms with E-state index in [0.29, 0.717) is 23.4 Å². The molecule has 1 unspecified atom stereocenters. The van der Waals surface area contributed by atoms with E-state index >= 15 is 0 Å². The Morgan fingerprint density at radius 2 is 1.96 bits per heavy atom. The molecule has 0 saturated heterocycles. The predicted molar refractivity (Wildman–Crippen MR) is 107 cm³/mol. The molecule has 5 nitrogen and oxygen atoms in total. The number of aryl methyl sites for hydroxylation is 1. The van der Waals surface area contributed by atoms with Gasteiger partial charge in [-0.15, -0.1) is 0 Å². The third kappa shape index (κ3) is 3.21. The molecular weight excluding hydrogens is 359 g/mol. The van der Waals surface area contributed by atoms with Crippen LogP contribution in [0.2, 0.25) is 0 Å². The van der Waals surface area contributed by atoms with Crippen LogP contribution in [-0.4, -0.2) is 29.1 Å². The number of carbonyl (C=O) groups is 2. The zero-order valence-electron chi connectivity index (χ0n) is 17.1. The fourth-order valence-corrected chi connectivity index (χ4v) is 4.22.